The van der Waals surface area contributed by atoms with Crippen LogP contribution in [0.2, 0.25) is 10.0 Å². The average molecular weight is 317 g/mol. The van der Waals surface area contributed by atoms with Crippen LogP contribution in [0.3, 0.4) is 0 Å². The van der Waals surface area contributed by atoms with Crippen molar-refractivity contribution in [2.75, 3.05) is 0 Å². The molecule has 0 bridgehead atoms. The van der Waals surface area contributed by atoms with Crippen molar-refractivity contribution >= 4 is 35.0 Å². The summed E-state index contributed by atoms with van der Waals surface area (Å²) >= 11 is 13.1. The SMILES string of the molecule is C[C@H](O)c1ccc(Sc2cc(Cl)ccc2Cl)c(F)c1. The van der Waals surface area contributed by atoms with Gasteiger partial charge in [-0.05, 0) is 42.8 Å². The van der Waals surface area contributed by atoms with Gasteiger partial charge in [0.15, 0.2) is 0 Å². The van der Waals surface area contributed by atoms with E-state index in [1.807, 2.05) is 0 Å². The minimum absolute atomic E-state index is 0.389. The number of aliphatic hydroxyl groups is 1. The van der Waals surface area contributed by atoms with E-state index in [0.29, 0.717) is 25.4 Å². The van der Waals surface area contributed by atoms with Crippen molar-refractivity contribution in [3.8, 4) is 0 Å². The third-order valence-electron chi connectivity index (χ3n) is 2.55. The Hall–Kier alpha value is -0.740. The lowest BCUT2D eigenvalue weighted by molar-refractivity contribution is 0.198. The molecule has 0 heterocycles. The lowest BCUT2D eigenvalue weighted by Crippen LogP contribution is -1.93. The number of benzene rings is 2. The zero-order chi connectivity index (χ0) is 14.0. The molecule has 0 amide bonds. The molecule has 0 aliphatic rings. The quantitative estimate of drug-likeness (QED) is 0.825. The molecule has 0 saturated carbocycles. The van der Waals surface area contributed by atoms with Gasteiger partial charge in [-0.3, -0.25) is 0 Å². The van der Waals surface area contributed by atoms with E-state index in [9.17, 15) is 9.50 Å². The third-order valence-corrected chi connectivity index (χ3v) is 4.34. The molecule has 100 valence electrons. The molecule has 0 spiro atoms. The minimum Gasteiger partial charge on any atom is -0.389 e. The van der Waals surface area contributed by atoms with E-state index in [2.05, 4.69) is 0 Å². The predicted molar refractivity (Wildman–Crippen MR) is 77.6 cm³/mol. The highest BCUT2D eigenvalue weighted by atomic mass is 35.5. The van der Waals surface area contributed by atoms with Gasteiger partial charge in [0, 0.05) is 14.8 Å². The second-order valence-corrected chi connectivity index (χ2v) is 5.97. The number of hydrogen-bond acceptors (Lipinski definition) is 2. The largest absolute Gasteiger partial charge is 0.389 e. The van der Waals surface area contributed by atoms with Gasteiger partial charge in [0.25, 0.3) is 0 Å². The Bertz CT molecular complexity index is 602. The summed E-state index contributed by atoms with van der Waals surface area (Å²) < 4.78 is 13.9. The van der Waals surface area contributed by atoms with Crippen molar-refractivity contribution in [2.45, 2.75) is 22.8 Å². The lowest BCUT2D eigenvalue weighted by atomic mass is 10.1. The first-order chi connectivity index (χ1) is 8.97. The van der Waals surface area contributed by atoms with E-state index in [0.717, 1.165) is 0 Å². The van der Waals surface area contributed by atoms with Crippen molar-refractivity contribution in [3.63, 3.8) is 0 Å². The van der Waals surface area contributed by atoms with Crippen molar-refractivity contribution in [3.05, 3.63) is 57.8 Å². The maximum atomic E-state index is 13.9. The smallest absolute Gasteiger partial charge is 0.137 e. The van der Waals surface area contributed by atoms with Crippen LogP contribution in [0.5, 0.6) is 0 Å². The molecule has 2 aromatic rings. The molecule has 1 N–H and O–H groups in total. The number of aliphatic hydroxyl groups excluding tert-OH is 1. The molecule has 1 nitrogen and oxygen atoms in total. The molecule has 0 fully saturated rings. The molecule has 1 atom stereocenters. The normalized spacial score (nSPS) is 12.5. The van der Waals surface area contributed by atoms with Crippen LogP contribution in [0.4, 0.5) is 4.39 Å². The second-order valence-electron chi connectivity index (χ2n) is 4.04. The fraction of sp³-hybridized carbons (Fsp3) is 0.143. The van der Waals surface area contributed by atoms with Crippen molar-refractivity contribution < 1.29 is 9.50 Å². The van der Waals surface area contributed by atoms with Crippen LogP contribution in [0.25, 0.3) is 0 Å². The maximum Gasteiger partial charge on any atom is 0.137 e. The summed E-state index contributed by atoms with van der Waals surface area (Å²) in [5, 5.41) is 10.5. The van der Waals surface area contributed by atoms with Crippen LogP contribution < -0.4 is 0 Å². The standard InChI is InChI=1S/C14H11Cl2FOS/c1-8(18)9-2-5-13(12(17)6-9)19-14-7-10(15)3-4-11(14)16/h2-8,18H,1H3/t8-/m0/s1. The van der Waals surface area contributed by atoms with Gasteiger partial charge in [0.05, 0.1) is 11.1 Å². The molecule has 2 rings (SSSR count). The molecule has 0 unspecified atom stereocenters. The number of hydrogen-bond donors (Lipinski definition) is 1. The van der Waals surface area contributed by atoms with Crippen molar-refractivity contribution in [1.29, 1.82) is 0 Å². The monoisotopic (exact) mass is 316 g/mol. The van der Waals surface area contributed by atoms with Gasteiger partial charge < -0.3 is 5.11 Å². The molecule has 5 heteroatoms. The summed E-state index contributed by atoms with van der Waals surface area (Å²) in [6.07, 6.45) is -0.691. The summed E-state index contributed by atoms with van der Waals surface area (Å²) in [4.78, 5) is 1.13. The van der Waals surface area contributed by atoms with Gasteiger partial charge in [0.1, 0.15) is 5.82 Å². The van der Waals surface area contributed by atoms with Crippen LogP contribution in [-0.4, -0.2) is 5.11 Å². The van der Waals surface area contributed by atoms with Crippen molar-refractivity contribution in [1.82, 2.24) is 0 Å². The highest BCUT2D eigenvalue weighted by Crippen LogP contribution is 2.36. The van der Waals surface area contributed by atoms with Gasteiger partial charge in [-0.15, -0.1) is 0 Å². The van der Waals surface area contributed by atoms with E-state index in [-0.39, 0.29) is 5.82 Å². The van der Waals surface area contributed by atoms with E-state index < -0.39 is 6.10 Å². The van der Waals surface area contributed by atoms with Crippen LogP contribution >= 0.6 is 35.0 Å². The highest BCUT2D eigenvalue weighted by Gasteiger charge is 2.10. The van der Waals surface area contributed by atoms with Gasteiger partial charge in [-0.2, -0.15) is 0 Å². The Labute approximate surface area is 125 Å². The second kappa shape index (κ2) is 6.14. The summed E-state index contributed by atoms with van der Waals surface area (Å²) in [5.74, 6) is -0.389. The first-order valence-electron chi connectivity index (χ1n) is 5.58. The highest BCUT2D eigenvalue weighted by molar-refractivity contribution is 7.99. The Kier molecular flexibility index (Phi) is 4.74. The van der Waals surface area contributed by atoms with E-state index in [4.69, 9.17) is 23.2 Å². The van der Waals surface area contributed by atoms with Gasteiger partial charge in [-0.1, -0.05) is 41.0 Å². The Morgan fingerprint density at radius 3 is 2.47 bits per heavy atom. The fourth-order valence-electron chi connectivity index (χ4n) is 1.53. The van der Waals surface area contributed by atoms with Crippen LogP contribution in [0.15, 0.2) is 46.2 Å². The van der Waals surface area contributed by atoms with E-state index in [1.54, 1.807) is 37.3 Å². The number of rotatable bonds is 3. The van der Waals surface area contributed by atoms with Gasteiger partial charge in [-0.25, -0.2) is 4.39 Å². The Morgan fingerprint density at radius 2 is 1.84 bits per heavy atom. The maximum absolute atomic E-state index is 13.9. The van der Waals surface area contributed by atoms with Crippen molar-refractivity contribution in [2.24, 2.45) is 0 Å². The van der Waals surface area contributed by atoms with Crippen LogP contribution in [-0.2, 0) is 0 Å². The molecule has 0 aliphatic heterocycles. The average Bonchev–Trinajstić information content (AvgIpc) is 2.36. The summed E-state index contributed by atoms with van der Waals surface area (Å²) in [5.41, 5.74) is 0.541. The molecule has 0 saturated heterocycles. The molecule has 19 heavy (non-hydrogen) atoms. The van der Waals surface area contributed by atoms with Crippen LogP contribution in [0, 0.1) is 5.82 Å². The Balaban J connectivity index is 2.31. The van der Waals surface area contributed by atoms with Crippen LogP contribution in [0.1, 0.15) is 18.6 Å². The zero-order valence-electron chi connectivity index (χ0n) is 10.0. The summed E-state index contributed by atoms with van der Waals surface area (Å²) in [6, 6.07) is 9.69. The molecule has 2 aromatic carbocycles. The number of halogens is 3. The lowest BCUT2D eigenvalue weighted by Gasteiger charge is -2.09. The molecule has 0 radical (unpaired) electrons. The molecule has 0 aromatic heterocycles. The molecular formula is C14H11Cl2FOS. The molecular weight excluding hydrogens is 306 g/mol. The molecule has 0 aliphatic carbocycles. The van der Waals surface area contributed by atoms with E-state index in [1.165, 1.54) is 17.8 Å². The predicted octanol–water partition coefficient (Wildman–Crippen LogP) is 5.34. The zero-order valence-corrected chi connectivity index (χ0v) is 12.4. The summed E-state index contributed by atoms with van der Waals surface area (Å²) in [7, 11) is 0. The third kappa shape index (κ3) is 3.63. The fourth-order valence-corrected chi connectivity index (χ4v) is 2.88. The minimum atomic E-state index is -0.691. The van der Waals surface area contributed by atoms with Gasteiger partial charge >= 0.3 is 0 Å². The Morgan fingerprint density at radius 1 is 1.11 bits per heavy atom. The van der Waals surface area contributed by atoms with E-state index >= 15 is 0 Å². The first kappa shape index (κ1) is 14.7. The summed E-state index contributed by atoms with van der Waals surface area (Å²) in [6.45, 7) is 1.59. The topological polar surface area (TPSA) is 20.2 Å². The van der Waals surface area contributed by atoms with Gasteiger partial charge in [0.2, 0.25) is 0 Å². The first-order valence-corrected chi connectivity index (χ1v) is 7.15.